The fraction of sp³-hybridized carbons (Fsp3) is 0.333. The summed E-state index contributed by atoms with van der Waals surface area (Å²) in [5, 5.41) is 0. The maximum absolute atomic E-state index is 5.85. The lowest BCUT2D eigenvalue weighted by molar-refractivity contribution is 0.103. The molecular weight excluding hydrogens is 290 g/mol. The highest BCUT2D eigenvalue weighted by Crippen LogP contribution is 2.30. The number of aromatic nitrogens is 3. The van der Waals surface area contributed by atoms with E-state index in [-0.39, 0.29) is 6.10 Å². The van der Waals surface area contributed by atoms with Gasteiger partial charge in [-0.3, -0.25) is 0 Å². The van der Waals surface area contributed by atoms with Crippen LogP contribution in [0, 0.1) is 0 Å². The van der Waals surface area contributed by atoms with Crippen molar-refractivity contribution in [2.45, 2.75) is 25.5 Å². The van der Waals surface area contributed by atoms with E-state index in [4.69, 9.17) is 14.5 Å². The van der Waals surface area contributed by atoms with Gasteiger partial charge in [0.25, 0.3) is 0 Å². The van der Waals surface area contributed by atoms with Gasteiger partial charge in [-0.2, -0.15) is 0 Å². The van der Waals surface area contributed by atoms with Crippen LogP contribution < -0.4 is 4.74 Å². The Morgan fingerprint density at radius 2 is 2.13 bits per heavy atom. The molecule has 5 nitrogen and oxygen atoms in total. The summed E-state index contributed by atoms with van der Waals surface area (Å²) in [6.45, 7) is 1.54. The van der Waals surface area contributed by atoms with Crippen molar-refractivity contribution >= 4 is 11.2 Å². The van der Waals surface area contributed by atoms with Gasteiger partial charge in [-0.25, -0.2) is 9.97 Å². The summed E-state index contributed by atoms with van der Waals surface area (Å²) in [6, 6.07) is 12.0. The molecule has 1 fully saturated rings. The third-order valence-electron chi connectivity index (χ3n) is 4.25. The van der Waals surface area contributed by atoms with Gasteiger partial charge in [0, 0.05) is 12.8 Å². The van der Waals surface area contributed by atoms with Crippen molar-refractivity contribution in [2.24, 2.45) is 0 Å². The molecule has 1 aromatic carbocycles. The molecule has 0 amide bonds. The van der Waals surface area contributed by atoms with Gasteiger partial charge in [0.05, 0.1) is 13.7 Å². The molecule has 3 aromatic rings. The molecular formula is C18H19N3O2. The quantitative estimate of drug-likeness (QED) is 0.741. The van der Waals surface area contributed by atoms with Gasteiger partial charge < -0.3 is 14.0 Å². The average molecular weight is 309 g/mol. The maximum Gasteiger partial charge on any atom is 0.160 e. The van der Waals surface area contributed by atoms with Crippen LogP contribution in [-0.2, 0) is 11.3 Å². The number of benzene rings is 1. The van der Waals surface area contributed by atoms with E-state index in [0.29, 0.717) is 0 Å². The molecule has 2 aromatic heterocycles. The molecule has 0 bridgehead atoms. The highest BCUT2D eigenvalue weighted by atomic mass is 16.5. The van der Waals surface area contributed by atoms with Crippen LogP contribution >= 0.6 is 0 Å². The largest absolute Gasteiger partial charge is 0.497 e. The van der Waals surface area contributed by atoms with Gasteiger partial charge in [0.2, 0.25) is 0 Å². The number of hydrogen-bond donors (Lipinski definition) is 0. The van der Waals surface area contributed by atoms with Crippen molar-refractivity contribution in [1.29, 1.82) is 0 Å². The predicted octanol–water partition coefficient (Wildman–Crippen LogP) is 3.34. The second-order valence-electron chi connectivity index (χ2n) is 5.75. The molecule has 4 rings (SSSR count). The van der Waals surface area contributed by atoms with Gasteiger partial charge in [-0.1, -0.05) is 12.1 Å². The Morgan fingerprint density at radius 1 is 1.26 bits per heavy atom. The van der Waals surface area contributed by atoms with E-state index < -0.39 is 0 Å². The number of pyridine rings is 1. The van der Waals surface area contributed by atoms with E-state index in [0.717, 1.165) is 48.7 Å². The smallest absolute Gasteiger partial charge is 0.160 e. The third-order valence-corrected chi connectivity index (χ3v) is 4.25. The van der Waals surface area contributed by atoms with Crippen molar-refractivity contribution in [1.82, 2.24) is 14.5 Å². The van der Waals surface area contributed by atoms with E-state index in [1.807, 2.05) is 30.5 Å². The summed E-state index contributed by atoms with van der Waals surface area (Å²) in [5.74, 6) is 1.84. The molecule has 23 heavy (non-hydrogen) atoms. The van der Waals surface area contributed by atoms with Crippen molar-refractivity contribution in [3.63, 3.8) is 0 Å². The Balaban J connectivity index is 1.75. The second kappa shape index (κ2) is 6.01. The number of fused-ring (bicyclic) bond motifs is 1. The first-order valence-corrected chi connectivity index (χ1v) is 7.91. The molecule has 1 aliphatic heterocycles. The molecule has 1 unspecified atom stereocenters. The summed E-state index contributed by atoms with van der Waals surface area (Å²) >= 11 is 0. The zero-order valence-electron chi connectivity index (χ0n) is 13.1. The number of hydrogen-bond acceptors (Lipinski definition) is 4. The molecule has 0 N–H and O–H groups in total. The van der Waals surface area contributed by atoms with Crippen LogP contribution in [0.5, 0.6) is 5.75 Å². The molecule has 0 radical (unpaired) electrons. The maximum atomic E-state index is 5.85. The van der Waals surface area contributed by atoms with Crippen molar-refractivity contribution in [3.05, 3.63) is 54.0 Å². The molecule has 1 atom stereocenters. The fourth-order valence-electron chi connectivity index (χ4n) is 3.07. The molecule has 0 aliphatic carbocycles. The second-order valence-corrected chi connectivity index (χ2v) is 5.75. The van der Waals surface area contributed by atoms with Crippen LogP contribution in [0.15, 0.2) is 42.6 Å². The van der Waals surface area contributed by atoms with Gasteiger partial charge in [-0.15, -0.1) is 0 Å². The minimum absolute atomic E-state index is 0.0717. The molecule has 3 heterocycles. The Bertz CT molecular complexity index is 805. The van der Waals surface area contributed by atoms with Crippen LogP contribution in [0.2, 0.25) is 0 Å². The predicted molar refractivity (Wildman–Crippen MR) is 87.6 cm³/mol. The zero-order valence-corrected chi connectivity index (χ0v) is 13.1. The Labute approximate surface area is 134 Å². The van der Waals surface area contributed by atoms with E-state index >= 15 is 0 Å². The number of methoxy groups -OCH3 is 1. The zero-order chi connectivity index (χ0) is 15.6. The van der Waals surface area contributed by atoms with Gasteiger partial charge in [0.1, 0.15) is 23.2 Å². The average Bonchev–Trinajstić information content (AvgIpc) is 3.24. The molecule has 1 saturated heterocycles. The van der Waals surface area contributed by atoms with E-state index in [9.17, 15) is 0 Å². The monoisotopic (exact) mass is 309 g/mol. The molecule has 118 valence electrons. The molecule has 1 aliphatic rings. The lowest BCUT2D eigenvalue weighted by Gasteiger charge is -2.13. The number of nitrogens with zero attached hydrogens (tertiary/aromatic N) is 3. The van der Waals surface area contributed by atoms with Crippen molar-refractivity contribution in [3.8, 4) is 5.75 Å². The third kappa shape index (κ3) is 2.68. The summed E-state index contributed by atoms with van der Waals surface area (Å²) in [7, 11) is 1.68. The van der Waals surface area contributed by atoms with E-state index in [1.54, 1.807) is 7.11 Å². The molecule has 0 saturated carbocycles. The van der Waals surface area contributed by atoms with Gasteiger partial charge >= 0.3 is 0 Å². The highest BCUT2D eigenvalue weighted by Gasteiger charge is 2.25. The highest BCUT2D eigenvalue weighted by molar-refractivity contribution is 5.71. The summed E-state index contributed by atoms with van der Waals surface area (Å²) in [4.78, 5) is 9.30. The van der Waals surface area contributed by atoms with Crippen LogP contribution in [0.1, 0.15) is 30.3 Å². The fourth-order valence-corrected chi connectivity index (χ4v) is 3.07. The number of imidazole rings is 1. The first-order chi connectivity index (χ1) is 11.3. The van der Waals surface area contributed by atoms with Gasteiger partial charge in [0.15, 0.2) is 5.65 Å². The lowest BCUT2D eigenvalue weighted by atomic mass is 10.2. The first kappa shape index (κ1) is 14.2. The van der Waals surface area contributed by atoms with E-state index in [2.05, 4.69) is 21.7 Å². The molecule has 0 spiro atoms. The SMILES string of the molecule is COc1ccc(Cn2c(C3CCCO3)nc3cccnc32)cc1. The Hall–Kier alpha value is -2.40. The van der Waals surface area contributed by atoms with Crippen LogP contribution in [0.3, 0.4) is 0 Å². The lowest BCUT2D eigenvalue weighted by Crippen LogP contribution is -2.10. The molecule has 5 heteroatoms. The van der Waals surface area contributed by atoms with Crippen LogP contribution in [-0.4, -0.2) is 28.3 Å². The summed E-state index contributed by atoms with van der Waals surface area (Å²) in [6.07, 6.45) is 3.99. The van der Waals surface area contributed by atoms with Crippen molar-refractivity contribution in [2.75, 3.05) is 13.7 Å². The minimum Gasteiger partial charge on any atom is -0.497 e. The van der Waals surface area contributed by atoms with Gasteiger partial charge in [-0.05, 0) is 42.7 Å². The Kier molecular flexibility index (Phi) is 3.71. The standard InChI is InChI=1S/C18H19N3O2/c1-22-14-8-6-13(7-9-14)12-21-17-15(4-2-10-19-17)20-18(21)16-5-3-11-23-16/h2,4,6-10,16H,3,5,11-12H2,1H3. The van der Waals surface area contributed by atoms with Crippen LogP contribution in [0.4, 0.5) is 0 Å². The van der Waals surface area contributed by atoms with E-state index in [1.165, 1.54) is 5.56 Å². The minimum atomic E-state index is 0.0717. The normalized spacial score (nSPS) is 17.7. The number of rotatable bonds is 4. The topological polar surface area (TPSA) is 49.2 Å². The summed E-state index contributed by atoms with van der Waals surface area (Å²) in [5.41, 5.74) is 3.02. The Morgan fingerprint density at radius 3 is 2.87 bits per heavy atom. The van der Waals surface area contributed by atoms with Crippen LogP contribution in [0.25, 0.3) is 11.2 Å². The number of ether oxygens (including phenoxy) is 2. The van der Waals surface area contributed by atoms with Crippen molar-refractivity contribution < 1.29 is 9.47 Å². The summed E-state index contributed by atoms with van der Waals surface area (Å²) < 4.78 is 13.3. The first-order valence-electron chi connectivity index (χ1n) is 7.91.